The van der Waals surface area contributed by atoms with Crippen LogP contribution in [0.4, 0.5) is 0 Å². The molecule has 3 fully saturated rings. The van der Waals surface area contributed by atoms with E-state index in [1.165, 1.54) is 6.08 Å². The van der Waals surface area contributed by atoms with E-state index in [1.807, 2.05) is 26.8 Å². The molecule has 0 aromatic heterocycles. The van der Waals surface area contributed by atoms with E-state index in [4.69, 9.17) is 11.6 Å². The number of allylic oxidation sites excluding steroid dienone is 4. The van der Waals surface area contributed by atoms with E-state index < -0.39 is 39.8 Å². The van der Waals surface area contributed by atoms with Gasteiger partial charge in [-0.3, -0.25) is 9.59 Å². The summed E-state index contributed by atoms with van der Waals surface area (Å²) in [6.07, 6.45) is 6.22. The van der Waals surface area contributed by atoms with Crippen LogP contribution in [0.2, 0.25) is 0 Å². The molecule has 0 radical (unpaired) electrons. The monoisotopic (exact) mass is 408 g/mol. The van der Waals surface area contributed by atoms with Crippen LogP contribution in [0.3, 0.4) is 0 Å². The number of halogens is 1. The molecule has 0 aromatic rings. The minimum atomic E-state index is -1.68. The Balaban J connectivity index is 1.84. The van der Waals surface area contributed by atoms with Crippen LogP contribution in [0.5, 0.6) is 0 Å². The highest BCUT2D eigenvalue weighted by Crippen LogP contribution is 2.71. The van der Waals surface area contributed by atoms with Crippen LogP contribution in [-0.4, -0.2) is 50.1 Å². The molecular weight excluding hydrogens is 380 g/mol. The third kappa shape index (κ3) is 2.09. The highest BCUT2D eigenvalue weighted by atomic mass is 35.5. The molecule has 5 nitrogen and oxygen atoms in total. The zero-order valence-electron chi connectivity index (χ0n) is 16.6. The van der Waals surface area contributed by atoms with Crippen molar-refractivity contribution in [1.29, 1.82) is 0 Å². The van der Waals surface area contributed by atoms with Crippen LogP contribution < -0.4 is 0 Å². The first kappa shape index (κ1) is 20.3. The summed E-state index contributed by atoms with van der Waals surface area (Å²) in [5, 5.41) is 32.3. The van der Waals surface area contributed by atoms with E-state index in [2.05, 4.69) is 0 Å². The quantitative estimate of drug-likeness (QED) is 0.608. The van der Waals surface area contributed by atoms with Gasteiger partial charge in [-0.2, -0.15) is 0 Å². The first-order chi connectivity index (χ1) is 13.0. The molecule has 4 aliphatic carbocycles. The number of ketones is 2. The van der Waals surface area contributed by atoms with Crippen molar-refractivity contribution in [1.82, 2.24) is 0 Å². The van der Waals surface area contributed by atoms with Gasteiger partial charge in [-0.05, 0) is 55.6 Å². The Kier molecular flexibility index (Phi) is 4.35. The lowest BCUT2D eigenvalue weighted by Crippen LogP contribution is -2.69. The number of hydrogen-bond acceptors (Lipinski definition) is 5. The molecule has 28 heavy (non-hydrogen) atoms. The van der Waals surface area contributed by atoms with Crippen molar-refractivity contribution in [3.8, 4) is 0 Å². The van der Waals surface area contributed by atoms with E-state index in [1.54, 1.807) is 6.08 Å². The third-order valence-electron chi connectivity index (χ3n) is 8.79. The minimum absolute atomic E-state index is 0.0567. The maximum Gasteiger partial charge on any atom is 0.190 e. The van der Waals surface area contributed by atoms with Gasteiger partial charge in [-0.25, -0.2) is 0 Å². The van der Waals surface area contributed by atoms with Crippen LogP contribution >= 0.6 is 11.6 Å². The summed E-state index contributed by atoms with van der Waals surface area (Å²) in [4.78, 5) is 23.5. The highest BCUT2D eigenvalue weighted by Gasteiger charge is 2.74. The average molecular weight is 409 g/mol. The van der Waals surface area contributed by atoms with Gasteiger partial charge in [0.1, 0.15) is 12.2 Å². The SMILES string of the molecule is C[C@H]1CC2[C@H]3CCC4=CC(=O)C=C[C@]4(C)C3(Cl)[C@@H](O)C[C@]2(C)C1(O)C(=O)CO. The topological polar surface area (TPSA) is 94.8 Å². The molecular formula is C22H29ClO5. The highest BCUT2D eigenvalue weighted by molar-refractivity contribution is 6.26. The van der Waals surface area contributed by atoms with E-state index >= 15 is 0 Å². The first-order valence-corrected chi connectivity index (χ1v) is 10.5. The molecule has 4 aliphatic rings. The molecule has 0 saturated heterocycles. The number of alkyl halides is 1. The molecule has 0 aliphatic heterocycles. The minimum Gasteiger partial charge on any atom is -0.391 e. The van der Waals surface area contributed by atoms with E-state index in [9.17, 15) is 24.9 Å². The van der Waals surface area contributed by atoms with Gasteiger partial charge < -0.3 is 15.3 Å². The summed E-state index contributed by atoms with van der Waals surface area (Å²) >= 11 is 7.30. The molecule has 6 heteroatoms. The lowest BCUT2D eigenvalue weighted by atomic mass is 9.45. The third-order valence-corrected chi connectivity index (χ3v) is 9.72. The van der Waals surface area contributed by atoms with Crippen LogP contribution in [0, 0.1) is 28.6 Å². The molecule has 3 saturated carbocycles. The standard InChI is InChI=1S/C22H29ClO5/c1-12-8-16-15-5-4-13-9-14(25)6-7-19(13,2)21(15,23)17(26)10-20(16,3)22(12,28)18(27)11-24/h6-7,9,12,15-17,24,26,28H,4-5,8,10-11H2,1-3H3/t12-,15+,16?,17-,19-,20-,21?,22?/m0/s1. The van der Waals surface area contributed by atoms with Crippen LogP contribution in [0.15, 0.2) is 23.8 Å². The fourth-order valence-corrected chi connectivity index (χ4v) is 7.78. The van der Waals surface area contributed by atoms with Gasteiger partial charge in [-0.1, -0.05) is 32.4 Å². The van der Waals surface area contributed by atoms with E-state index in [-0.39, 0.29) is 30.0 Å². The van der Waals surface area contributed by atoms with Gasteiger partial charge in [0.05, 0.1) is 11.0 Å². The van der Waals surface area contributed by atoms with Gasteiger partial charge in [0, 0.05) is 10.8 Å². The second-order valence-corrected chi connectivity index (χ2v) is 10.4. The number of aliphatic hydroxyl groups is 3. The average Bonchev–Trinajstić information content (AvgIpc) is 2.84. The maximum atomic E-state index is 12.6. The molecule has 0 heterocycles. The van der Waals surface area contributed by atoms with Crippen LogP contribution in [-0.2, 0) is 9.59 Å². The first-order valence-electron chi connectivity index (χ1n) is 10.1. The van der Waals surface area contributed by atoms with E-state index in [0.29, 0.717) is 19.3 Å². The molecule has 4 rings (SSSR count). The predicted octanol–water partition coefficient (Wildman–Crippen LogP) is 2.17. The van der Waals surface area contributed by atoms with Crippen molar-refractivity contribution in [2.75, 3.05) is 6.61 Å². The number of carbonyl (C=O) groups is 2. The Hall–Kier alpha value is -1.01. The summed E-state index contributed by atoms with van der Waals surface area (Å²) in [6.45, 7) is 4.97. The zero-order valence-corrected chi connectivity index (χ0v) is 17.4. The Bertz CT molecular complexity index is 805. The second-order valence-electron chi connectivity index (χ2n) is 9.75. The Morgan fingerprint density at radius 2 is 2.00 bits per heavy atom. The lowest BCUT2D eigenvalue weighted by Gasteiger charge is -2.63. The number of Topliss-reactive ketones (excluding diaryl/α,β-unsaturated/α-hetero) is 1. The van der Waals surface area contributed by atoms with Crippen LogP contribution in [0.1, 0.15) is 46.5 Å². The molecule has 8 atom stereocenters. The normalized spacial score (nSPS) is 52.5. The summed E-state index contributed by atoms with van der Waals surface area (Å²) in [5.41, 5.74) is -2.25. The fourth-order valence-electron chi connectivity index (χ4n) is 7.26. The Morgan fingerprint density at radius 1 is 1.32 bits per heavy atom. The largest absolute Gasteiger partial charge is 0.391 e. The molecule has 3 N–H and O–H groups in total. The Morgan fingerprint density at radius 3 is 2.64 bits per heavy atom. The van der Waals surface area contributed by atoms with Crippen molar-refractivity contribution in [3.63, 3.8) is 0 Å². The van der Waals surface area contributed by atoms with Crippen molar-refractivity contribution < 1.29 is 24.9 Å². The predicted molar refractivity (Wildman–Crippen MR) is 105 cm³/mol. The smallest absolute Gasteiger partial charge is 0.190 e. The molecule has 154 valence electrons. The second kappa shape index (κ2) is 6.00. The molecule has 0 amide bonds. The van der Waals surface area contributed by atoms with E-state index in [0.717, 1.165) is 5.57 Å². The summed E-state index contributed by atoms with van der Waals surface area (Å²) in [6, 6.07) is 0. The van der Waals surface area contributed by atoms with Gasteiger partial charge in [-0.15, -0.1) is 11.6 Å². The number of hydrogen-bond donors (Lipinski definition) is 3. The number of fused-ring (bicyclic) bond motifs is 5. The van der Waals surface area contributed by atoms with Crippen molar-refractivity contribution in [2.45, 2.75) is 63.0 Å². The summed E-state index contributed by atoms with van der Waals surface area (Å²) in [7, 11) is 0. The molecule has 0 aromatic carbocycles. The van der Waals surface area contributed by atoms with Crippen molar-refractivity contribution >= 4 is 23.2 Å². The molecule has 0 bridgehead atoms. The van der Waals surface area contributed by atoms with Crippen molar-refractivity contribution in [2.24, 2.45) is 28.6 Å². The number of rotatable bonds is 2. The van der Waals surface area contributed by atoms with Crippen LogP contribution in [0.25, 0.3) is 0 Å². The van der Waals surface area contributed by atoms with Gasteiger partial charge in [0.15, 0.2) is 11.6 Å². The van der Waals surface area contributed by atoms with Gasteiger partial charge in [0.25, 0.3) is 0 Å². The summed E-state index contributed by atoms with van der Waals surface area (Å²) < 4.78 is 0. The molecule has 3 unspecified atom stereocenters. The van der Waals surface area contributed by atoms with Crippen molar-refractivity contribution in [3.05, 3.63) is 23.8 Å². The fraction of sp³-hybridized carbons (Fsp3) is 0.727. The zero-order chi connectivity index (χ0) is 20.7. The number of carbonyl (C=O) groups excluding carboxylic acids is 2. The lowest BCUT2D eigenvalue weighted by molar-refractivity contribution is -0.179. The number of aliphatic hydroxyl groups excluding tert-OH is 2. The Labute approximate surface area is 170 Å². The molecule has 0 spiro atoms. The van der Waals surface area contributed by atoms with Gasteiger partial charge in [0.2, 0.25) is 0 Å². The van der Waals surface area contributed by atoms with Gasteiger partial charge >= 0.3 is 0 Å². The summed E-state index contributed by atoms with van der Waals surface area (Å²) in [5.74, 6) is -1.15. The maximum absolute atomic E-state index is 12.6.